The number of nitrogens with two attached hydrogens (primary N) is 1. The number of aryl methyl sites for hydroxylation is 2. The molecule has 0 saturated heterocycles. The van der Waals surface area contributed by atoms with Crippen LogP contribution in [0, 0.1) is 6.92 Å². The Kier molecular flexibility index (Phi) is 3.34. The summed E-state index contributed by atoms with van der Waals surface area (Å²) in [5, 5.41) is 11.5. The van der Waals surface area contributed by atoms with Gasteiger partial charge in [0.2, 0.25) is 0 Å². The molecule has 0 aliphatic carbocycles. The van der Waals surface area contributed by atoms with E-state index >= 15 is 0 Å². The van der Waals surface area contributed by atoms with Crippen LogP contribution in [0.5, 0.6) is 0 Å². The van der Waals surface area contributed by atoms with Crippen molar-refractivity contribution < 1.29 is 4.79 Å². The fourth-order valence-electron chi connectivity index (χ4n) is 2.10. The molecule has 7 heteroatoms. The van der Waals surface area contributed by atoms with E-state index in [4.69, 9.17) is 5.73 Å². The maximum atomic E-state index is 12.3. The largest absolute Gasteiger partial charge is 0.397 e. The number of thiophene rings is 1. The van der Waals surface area contributed by atoms with Gasteiger partial charge in [-0.25, -0.2) is 0 Å². The van der Waals surface area contributed by atoms with Crippen molar-refractivity contribution in [1.29, 1.82) is 0 Å². The maximum Gasteiger partial charge on any atom is 0.263 e. The SMILES string of the molecule is Cc1ccc2c(N)c(C(=O)NCc3nncn3C)sc2c1. The average molecular weight is 301 g/mol. The van der Waals surface area contributed by atoms with Gasteiger partial charge in [0, 0.05) is 17.1 Å². The van der Waals surface area contributed by atoms with Crippen LogP contribution in [0.3, 0.4) is 0 Å². The highest BCUT2D eigenvalue weighted by atomic mass is 32.1. The number of amides is 1. The molecule has 3 rings (SSSR count). The fraction of sp³-hybridized carbons (Fsp3) is 0.214. The summed E-state index contributed by atoms with van der Waals surface area (Å²) in [6.07, 6.45) is 1.60. The van der Waals surface area contributed by atoms with E-state index in [1.54, 1.807) is 10.9 Å². The number of benzene rings is 1. The molecule has 108 valence electrons. The third kappa shape index (κ3) is 2.47. The van der Waals surface area contributed by atoms with Crippen LogP contribution < -0.4 is 11.1 Å². The normalized spacial score (nSPS) is 11.0. The molecule has 6 nitrogen and oxygen atoms in total. The Bertz CT molecular complexity index is 820. The van der Waals surface area contributed by atoms with Crippen LogP contribution in [-0.4, -0.2) is 20.7 Å². The Hall–Kier alpha value is -2.41. The van der Waals surface area contributed by atoms with Crippen LogP contribution >= 0.6 is 11.3 Å². The molecule has 0 spiro atoms. The number of fused-ring (bicyclic) bond motifs is 1. The maximum absolute atomic E-state index is 12.3. The number of anilines is 1. The van der Waals surface area contributed by atoms with Gasteiger partial charge in [-0.05, 0) is 18.6 Å². The highest BCUT2D eigenvalue weighted by molar-refractivity contribution is 7.21. The lowest BCUT2D eigenvalue weighted by atomic mass is 10.1. The van der Waals surface area contributed by atoms with Gasteiger partial charge in [0.1, 0.15) is 11.2 Å². The minimum Gasteiger partial charge on any atom is -0.397 e. The van der Waals surface area contributed by atoms with Crippen LogP contribution in [0.25, 0.3) is 10.1 Å². The molecule has 0 fully saturated rings. The predicted molar refractivity (Wildman–Crippen MR) is 83.1 cm³/mol. The van der Waals surface area contributed by atoms with E-state index < -0.39 is 0 Å². The second-order valence-corrected chi connectivity index (χ2v) is 5.94. The molecule has 1 amide bonds. The zero-order valence-electron chi connectivity index (χ0n) is 11.8. The molecule has 0 atom stereocenters. The number of nitrogen functional groups attached to an aromatic ring is 1. The summed E-state index contributed by atoms with van der Waals surface area (Å²) in [5.41, 5.74) is 7.77. The van der Waals surface area contributed by atoms with E-state index in [1.165, 1.54) is 11.3 Å². The topological polar surface area (TPSA) is 85.8 Å². The zero-order valence-corrected chi connectivity index (χ0v) is 12.6. The molecule has 3 aromatic rings. The van der Waals surface area contributed by atoms with Crippen molar-refractivity contribution >= 4 is 33.0 Å². The third-order valence-corrected chi connectivity index (χ3v) is 4.47. The summed E-state index contributed by atoms with van der Waals surface area (Å²) < 4.78 is 2.79. The minimum absolute atomic E-state index is 0.186. The Morgan fingerprint density at radius 3 is 3.00 bits per heavy atom. The van der Waals surface area contributed by atoms with Gasteiger partial charge in [0.05, 0.1) is 12.2 Å². The van der Waals surface area contributed by atoms with Crippen molar-refractivity contribution in [3.05, 3.63) is 40.8 Å². The molecular formula is C14H15N5OS. The lowest BCUT2D eigenvalue weighted by Crippen LogP contribution is -2.24. The van der Waals surface area contributed by atoms with Crippen molar-refractivity contribution in [3.8, 4) is 0 Å². The van der Waals surface area contributed by atoms with Gasteiger partial charge < -0.3 is 15.6 Å². The Morgan fingerprint density at radius 2 is 2.29 bits per heavy atom. The number of hydrogen-bond donors (Lipinski definition) is 2. The zero-order chi connectivity index (χ0) is 15.0. The molecule has 21 heavy (non-hydrogen) atoms. The summed E-state index contributed by atoms with van der Waals surface area (Å²) in [6, 6.07) is 5.98. The molecule has 0 aliphatic heterocycles. The van der Waals surface area contributed by atoms with E-state index in [0.29, 0.717) is 22.9 Å². The lowest BCUT2D eigenvalue weighted by molar-refractivity contribution is 0.0954. The first kappa shape index (κ1) is 13.6. The van der Waals surface area contributed by atoms with Gasteiger partial charge in [-0.3, -0.25) is 4.79 Å². The Labute approximate surface area is 125 Å². The molecule has 2 heterocycles. The number of carbonyl (C=O) groups excluding carboxylic acids is 1. The van der Waals surface area contributed by atoms with Gasteiger partial charge in [0.15, 0.2) is 5.82 Å². The van der Waals surface area contributed by atoms with E-state index in [1.807, 2.05) is 32.2 Å². The molecule has 0 aliphatic rings. The van der Waals surface area contributed by atoms with E-state index in [0.717, 1.165) is 15.6 Å². The number of hydrogen-bond acceptors (Lipinski definition) is 5. The molecule has 2 aromatic heterocycles. The highest BCUT2D eigenvalue weighted by Gasteiger charge is 2.16. The summed E-state index contributed by atoms with van der Waals surface area (Å²) in [6.45, 7) is 2.34. The third-order valence-electron chi connectivity index (χ3n) is 3.30. The number of rotatable bonds is 3. The van der Waals surface area contributed by atoms with Crippen molar-refractivity contribution in [2.75, 3.05) is 5.73 Å². The number of aromatic nitrogens is 3. The van der Waals surface area contributed by atoms with Gasteiger partial charge in [-0.1, -0.05) is 12.1 Å². The van der Waals surface area contributed by atoms with E-state index in [9.17, 15) is 4.79 Å². The van der Waals surface area contributed by atoms with Crippen molar-refractivity contribution in [3.63, 3.8) is 0 Å². The summed E-state index contributed by atoms with van der Waals surface area (Å²) in [7, 11) is 1.83. The predicted octanol–water partition coefficient (Wildman–Crippen LogP) is 1.85. The first-order valence-electron chi connectivity index (χ1n) is 6.46. The first-order chi connectivity index (χ1) is 10.1. The smallest absolute Gasteiger partial charge is 0.263 e. The van der Waals surface area contributed by atoms with E-state index in [2.05, 4.69) is 15.5 Å². The van der Waals surface area contributed by atoms with Crippen LogP contribution in [-0.2, 0) is 13.6 Å². The molecule has 0 bridgehead atoms. The number of carbonyl (C=O) groups is 1. The second-order valence-electron chi connectivity index (χ2n) is 4.89. The quantitative estimate of drug-likeness (QED) is 0.773. The molecule has 3 N–H and O–H groups in total. The first-order valence-corrected chi connectivity index (χ1v) is 7.27. The van der Waals surface area contributed by atoms with Crippen molar-refractivity contribution in [1.82, 2.24) is 20.1 Å². The molecular weight excluding hydrogens is 286 g/mol. The van der Waals surface area contributed by atoms with Gasteiger partial charge in [0.25, 0.3) is 5.91 Å². The minimum atomic E-state index is -0.186. The van der Waals surface area contributed by atoms with Crippen LogP contribution in [0.1, 0.15) is 21.1 Å². The average Bonchev–Trinajstić information content (AvgIpc) is 3.00. The summed E-state index contributed by atoms with van der Waals surface area (Å²) >= 11 is 1.41. The standard InChI is InChI=1S/C14H15N5OS/c1-8-3-4-9-10(5-8)21-13(12(9)15)14(20)16-6-11-18-17-7-19(11)2/h3-5,7H,6,15H2,1-2H3,(H,16,20). The van der Waals surface area contributed by atoms with E-state index in [-0.39, 0.29) is 5.91 Å². The monoisotopic (exact) mass is 301 g/mol. The van der Waals surface area contributed by atoms with Crippen LogP contribution in [0.4, 0.5) is 5.69 Å². The summed E-state index contributed by atoms with van der Waals surface area (Å²) in [4.78, 5) is 12.8. The van der Waals surface area contributed by atoms with Gasteiger partial charge in [-0.15, -0.1) is 21.5 Å². The van der Waals surface area contributed by atoms with Crippen LogP contribution in [0.2, 0.25) is 0 Å². The van der Waals surface area contributed by atoms with Crippen molar-refractivity contribution in [2.24, 2.45) is 7.05 Å². The Morgan fingerprint density at radius 1 is 1.48 bits per heavy atom. The molecule has 1 aromatic carbocycles. The van der Waals surface area contributed by atoms with Gasteiger partial charge in [-0.2, -0.15) is 0 Å². The van der Waals surface area contributed by atoms with Crippen LogP contribution in [0.15, 0.2) is 24.5 Å². The van der Waals surface area contributed by atoms with Crippen molar-refractivity contribution in [2.45, 2.75) is 13.5 Å². The highest BCUT2D eigenvalue weighted by Crippen LogP contribution is 2.34. The summed E-state index contributed by atoms with van der Waals surface area (Å²) in [5.74, 6) is 0.508. The van der Waals surface area contributed by atoms with Gasteiger partial charge >= 0.3 is 0 Å². The molecule has 0 radical (unpaired) electrons. The fourth-order valence-corrected chi connectivity index (χ4v) is 3.24. The Balaban J connectivity index is 1.84. The lowest BCUT2D eigenvalue weighted by Gasteiger charge is -2.03. The number of nitrogens with zero attached hydrogens (tertiary/aromatic N) is 3. The second kappa shape index (κ2) is 5.17. The molecule has 0 saturated carbocycles. The number of nitrogens with one attached hydrogen (secondary N) is 1. The molecule has 0 unspecified atom stereocenters.